The zero-order valence-electron chi connectivity index (χ0n) is 14.7. The molecule has 2 amide bonds. The number of hydrogen-bond acceptors (Lipinski definition) is 4. The molecule has 0 radical (unpaired) electrons. The van der Waals surface area contributed by atoms with E-state index in [2.05, 4.69) is 15.5 Å². The summed E-state index contributed by atoms with van der Waals surface area (Å²) in [5.41, 5.74) is 2.32. The van der Waals surface area contributed by atoms with Crippen molar-refractivity contribution in [3.8, 4) is 0 Å². The highest BCUT2D eigenvalue weighted by Crippen LogP contribution is 2.19. The van der Waals surface area contributed by atoms with Gasteiger partial charge >= 0.3 is 0 Å². The molecule has 27 heavy (non-hydrogen) atoms. The van der Waals surface area contributed by atoms with Crippen LogP contribution in [0.1, 0.15) is 0 Å². The van der Waals surface area contributed by atoms with Crippen LogP contribution in [0, 0.1) is 0 Å². The average Bonchev–Trinajstić information content (AvgIpc) is 2.68. The van der Waals surface area contributed by atoms with Gasteiger partial charge in [0.15, 0.2) is 0 Å². The third-order valence-electron chi connectivity index (χ3n) is 3.99. The molecule has 0 aromatic heterocycles. The van der Waals surface area contributed by atoms with E-state index >= 15 is 0 Å². The van der Waals surface area contributed by atoms with Crippen molar-refractivity contribution in [1.82, 2.24) is 0 Å². The molecule has 1 aliphatic rings. The zero-order valence-corrected chi connectivity index (χ0v) is 15.4. The van der Waals surface area contributed by atoms with Crippen LogP contribution in [0.25, 0.3) is 0 Å². The number of ether oxygens (including phenoxy) is 1. The number of carbonyl (C=O) groups excluding carboxylic acids is 2. The van der Waals surface area contributed by atoms with Crippen molar-refractivity contribution in [3.63, 3.8) is 0 Å². The van der Waals surface area contributed by atoms with Gasteiger partial charge < -0.3 is 20.3 Å². The van der Waals surface area contributed by atoms with Gasteiger partial charge in [0.1, 0.15) is 0 Å². The molecule has 1 aliphatic heterocycles. The van der Waals surface area contributed by atoms with Gasteiger partial charge in [0, 0.05) is 47.3 Å². The molecule has 7 heteroatoms. The van der Waals surface area contributed by atoms with E-state index in [1.165, 1.54) is 12.2 Å². The largest absolute Gasteiger partial charge is 0.378 e. The van der Waals surface area contributed by atoms with E-state index in [9.17, 15) is 9.59 Å². The molecule has 1 fully saturated rings. The van der Waals surface area contributed by atoms with E-state index in [1.54, 1.807) is 24.3 Å². The summed E-state index contributed by atoms with van der Waals surface area (Å²) in [6, 6.07) is 14.4. The SMILES string of the molecule is O=C(C=CC(=O)Nc1cccc(Cl)c1)Nc1ccc(N2CCOCC2)cc1. The summed E-state index contributed by atoms with van der Waals surface area (Å²) in [5, 5.41) is 5.89. The highest BCUT2D eigenvalue weighted by atomic mass is 35.5. The maximum atomic E-state index is 12.0. The van der Waals surface area contributed by atoms with Crippen LogP contribution in [0.15, 0.2) is 60.7 Å². The predicted octanol–water partition coefficient (Wildman–Crippen LogP) is 3.31. The van der Waals surface area contributed by atoms with Gasteiger partial charge in [-0.25, -0.2) is 0 Å². The number of rotatable bonds is 5. The first kappa shape index (κ1) is 18.9. The van der Waals surface area contributed by atoms with Crippen LogP contribution in [-0.4, -0.2) is 38.1 Å². The Morgan fingerprint density at radius 1 is 0.926 bits per heavy atom. The molecule has 1 saturated heterocycles. The molecule has 3 rings (SSSR count). The van der Waals surface area contributed by atoms with Crippen molar-refractivity contribution in [2.45, 2.75) is 0 Å². The number of nitrogens with zero attached hydrogens (tertiary/aromatic N) is 1. The number of carbonyl (C=O) groups is 2. The van der Waals surface area contributed by atoms with Crippen LogP contribution < -0.4 is 15.5 Å². The number of morpholine rings is 1. The minimum Gasteiger partial charge on any atom is -0.378 e. The van der Waals surface area contributed by atoms with Gasteiger partial charge in [-0.3, -0.25) is 9.59 Å². The van der Waals surface area contributed by atoms with Crippen molar-refractivity contribution >= 4 is 40.5 Å². The van der Waals surface area contributed by atoms with Crippen LogP contribution in [0.2, 0.25) is 5.02 Å². The molecular weight excluding hydrogens is 366 g/mol. The predicted molar refractivity (Wildman–Crippen MR) is 107 cm³/mol. The topological polar surface area (TPSA) is 70.7 Å². The van der Waals surface area contributed by atoms with Crippen molar-refractivity contribution in [3.05, 3.63) is 65.7 Å². The number of halogens is 1. The van der Waals surface area contributed by atoms with Gasteiger partial charge in [-0.05, 0) is 42.5 Å². The molecule has 6 nitrogen and oxygen atoms in total. The summed E-state index contributed by atoms with van der Waals surface area (Å²) in [6.45, 7) is 3.16. The Hall–Kier alpha value is -2.83. The zero-order chi connectivity index (χ0) is 19.1. The van der Waals surface area contributed by atoms with Crippen LogP contribution in [-0.2, 0) is 14.3 Å². The highest BCUT2D eigenvalue weighted by molar-refractivity contribution is 6.30. The van der Waals surface area contributed by atoms with Crippen LogP contribution in [0.4, 0.5) is 17.1 Å². The smallest absolute Gasteiger partial charge is 0.248 e. The Morgan fingerprint density at radius 3 is 2.19 bits per heavy atom. The van der Waals surface area contributed by atoms with Gasteiger partial charge in [0.25, 0.3) is 0 Å². The second-order valence-electron chi connectivity index (χ2n) is 5.97. The molecule has 140 valence electrons. The van der Waals surface area contributed by atoms with Crippen molar-refractivity contribution in [1.29, 1.82) is 0 Å². The highest BCUT2D eigenvalue weighted by Gasteiger charge is 2.11. The fourth-order valence-corrected chi connectivity index (χ4v) is 2.85. The molecule has 0 atom stereocenters. The van der Waals surface area contributed by atoms with Gasteiger partial charge in [0.05, 0.1) is 13.2 Å². The Morgan fingerprint density at radius 2 is 1.56 bits per heavy atom. The van der Waals surface area contributed by atoms with E-state index in [0.29, 0.717) is 16.4 Å². The summed E-state index contributed by atoms with van der Waals surface area (Å²) >= 11 is 5.86. The average molecular weight is 386 g/mol. The molecule has 2 aromatic carbocycles. The Labute approximate surface area is 162 Å². The first-order chi connectivity index (χ1) is 13.1. The quantitative estimate of drug-likeness (QED) is 0.775. The fraction of sp³-hybridized carbons (Fsp3) is 0.200. The lowest BCUT2D eigenvalue weighted by Gasteiger charge is -2.28. The van der Waals surface area contributed by atoms with Gasteiger partial charge in [-0.15, -0.1) is 0 Å². The third-order valence-corrected chi connectivity index (χ3v) is 4.22. The molecule has 2 aromatic rings. The van der Waals surface area contributed by atoms with Crippen molar-refractivity contribution in [2.24, 2.45) is 0 Å². The van der Waals surface area contributed by atoms with Gasteiger partial charge in [-0.2, -0.15) is 0 Å². The van der Waals surface area contributed by atoms with E-state index in [4.69, 9.17) is 16.3 Å². The minimum absolute atomic E-state index is 0.379. The third kappa shape index (κ3) is 5.84. The molecule has 0 aliphatic carbocycles. The van der Waals surface area contributed by atoms with E-state index in [1.807, 2.05) is 24.3 Å². The normalized spacial score (nSPS) is 14.2. The lowest BCUT2D eigenvalue weighted by Crippen LogP contribution is -2.36. The lowest BCUT2D eigenvalue weighted by molar-refractivity contribution is -0.114. The summed E-state index contributed by atoms with van der Waals surface area (Å²) < 4.78 is 5.34. The van der Waals surface area contributed by atoms with Crippen molar-refractivity contribution < 1.29 is 14.3 Å². The van der Waals surface area contributed by atoms with Gasteiger partial charge in [-0.1, -0.05) is 17.7 Å². The monoisotopic (exact) mass is 385 g/mol. The molecular formula is C20H20ClN3O3. The molecule has 0 saturated carbocycles. The summed E-state index contributed by atoms with van der Waals surface area (Å²) in [4.78, 5) is 26.1. The number of benzene rings is 2. The summed E-state index contributed by atoms with van der Waals surface area (Å²) in [5.74, 6) is -0.787. The Balaban J connectivity index is 1.50. The standard InChI is InChI=1S/C20H20ClN3O3/c21-15-2-1-3-17(14-15)23-20(26)9-8-19(25)22-16-4-6-18(7-5-16)24-10-12-27-13-11-24/h1-9,14H,10-13H2,(H,22,25)(H,23,26). The minimum atomic E-state index is -0.407. The van der Waals surface area contributed by atoms with E-state index in [-0.39, 0.29) is 5.91 Å². The second kappa shape index (κ2) is 9.21. The van der Waals surface area contributed by atoms with E-state index in [0.717, 1.165) is 32.0 Å². The van der Waals surface area contributed by atoms with Crippen LogP contribution in [0.3, 0.4) is 0 Å². The second-order valence-corrected chi connectivity index (χ2v) is 6.40. The van der Waals surface area contributed by atoms with Crippen molar-refractivity contribution in [2.75, 3.05) is 41.8 Å². The fourth-order valence-electron chi connectivity index (χ4n) is 2.66. The summed E-state index contributed by atoms with van der Waals surface area (Å²) in [6.07, 6.45) is 2.37. The first-order valence-corrected chi connectivity index (χ1v) is 8.96. The van der Waals surface area contributed by atoms with Crippen LogP contribution >= 0.6 is 11.6 Å². The van der Waals surface area contributed by atoms with Crippen LogP contribution in [0.5, 0.6) is 0 Å². The Bertz CT molecular complexity index is 831. The number of nitrogens with one attached hydrogen (secondary N) is 2. The number of anilines is 3. The maximum Gasteiger partial charge on any atom is 0.248 e. The van der Waals surface area contributed by atoms with Gasteiger partial charge in [0.2, 0.25) is 11.8 Å². The number of amides is 2. The molecule has 1 heterocycles. The maximum absolute atomic E-state index is 12.0. The molecule has 0 spiro atoms. The van der Waals surface area contributed by atoms with E-state index < -0.39 is 5.91 Å². The first-order valence-electron chi connectivity index (χ1n) is 8.58. The number of hydrogen-bond donors (Lipinski definition) is 2. The lowest BCUT2D eigenvalue weighted by atomic mass is 10.2. The molecule has 2 N–H and O–H groups in total. The molecule has 0 bridgehead atoms. The molecule has 0 unspecified atom stereocenters. The summed E-state index contributed by atoms with van der Waals surface area (Å²) in [7, 11) is 0. The Kier molecular flexibility index (Phi) is 6.46.